The van der Waals surface area contributed by atoms with E-state index < -0.39 is 0 Å². The van der Waals surface area contributed by atoms with Gasteiger partial charge < -0.3 is 15.0 Å². The first kappa shape index (κ1) is 18.0. The lowest BCUT2D eigenvalue weighted by molar-refractivity contribution is 0.122. The highest BCUT2D eigenvalue weighted by molar-refractivity contribution is 5.50. The number of anilines is 1. The van der Waals surface area contributed by atoms with Crippen LogP contribution < -0.4 is 10.2 Å². The Kier molecular flexibility index (Phi) is 5.76. The van der Waals surface area contributed by atoms with E-state index >= 15 is 0 Å². The van der Waals surface area contributed by atoms with Crippen LogP contribution >= 0.6 is 0 Å². The summed E-state index contributed by atoms with van der Waals surface area (Å²) in [5.74, 6) is 1.23. The van der Waals surface area contributed by atoms with Gasteiger partial charge >= 0.3 is 0 Å². The largest absolute Gasteiger partial charge is 0.378 e. The number of morpholine rings is 1. The Hall–Kier alpha value is -1.85. The van der Waals surface area contributed by atoms with Crippen molar-refractivity contribution >= 4 is 5.82 Å². The standard InChI is InChI=1S/C20H30N4O/c1-15-7-5-6-8-18(15)13-16(2)21-14-19-17(3)22-23(4)20(19)24-9-11-25-12-10-24/h5-8,16,21H,9-14H2,1-4H3. The number of nitrogens with zero attached hydrogens (tertiary/aromatic N) is 3. The molecule has 1 aromatic heterocycles. The highest BCUT2D eigenvalue weighted by Gasteiger charge is 2.21. The molecule has 1 saturated heterocycles. The first-order chi connectivity index (χ1) is 12.1. The van der Waals surface area contributed by atoms with Crippen LogP contribution in [0.5, 0.6) is 0 Å². The van der Waals surface area contributed by atoms with Gasteiger partial charge in [0.15, 0.2) is 0 Å². The van der Waals surface area contributed by atoms with Crippen molar-refractivity contribution < 1.29 is 4.74 Å². The lowest BCUT2D eigenvalue weighted by atomic mass is 10.0. The van der Waals surface area contributed by atoms with Gasteiger partial charge in [-0.1, -0.05) is 24.3 Å². The Bertz CT molecular complexity index is 704. The molecule has 2 aromatic rings. The predicted molar refractivity (Wildman–Crippen MR) is 102 cm³/mol. The van der Waals surface area contributed by atoms with Crippen LogP contribution in [0.4, 0.5) is 5.82 Å². The molecular weight excluding hydrogens is 312 g/mol. The summed E-state index contributed by atoms with van der Waals surface area (Å²) in [6.45, 7) is 10.8. The molecule has 0 spiro atoms. The second kappa shape index (κ2) is 8.02. The minimum absolute atomic E-state index is 0.415. The van der Waals surface area contributed by atoms with Crippen LogP contribution in [0.2, 0.25) is 0 Å². The van der Waals surface area contributed by atoms with E-state index in [-0.39, 0.29) is 0 Å². The molecule has 1 aromatic carbocycles. The fourth-order valence-corrected chi connectivity index (χ4v) is 3.58. The molecule has 1 atom stereocenters. The van der Waals surface area contributed by atoms with Crippen molar-refractivity contribution in [2.45, 2.75) is 39.8 Å². The van der Waals surface area contributed by atoms with Crippen LogP contribution in [0.15, 0.2) is 24.3 Å². The van der Waals surface area contributed by atoms with E-state index in [9.17, 15) is 0 Å². The molecule has 0 radical (unpaired) electrons. The molecule has 1 N–H and O–H groups in total. The summed E-state index contributed by atoms with van der Waals surface area (Å²) in [5, 5.41) is 8.35. The lowest BCUT2D eigenvalue weighted by Gasteiger charge is -2.30. The molecule has 5 heteroatoms. The number of nitrogens with one attached hydrogen (secondary N) is 1. The first-order valence-corrected chi connectivity index (χ1v) is 9.19. The predicted octanol–water partition coefficient (Wildman–Crippen LogP) is 2.59. The Morgan fingerprint density at radius 3 is 2.64 bits per heavy atom. The Morgan fingerprint density at radius 1 is 1.20 bits per heavy atom. The maximum Gasteiger partial charge on any atom is 0.131 e. The molecule has 0 saturated carbocycles. The van der Waals surface area contributed by atoms with Gasteiger partial charge in [-0.25, -0.2) is 0 Å². The van der Waals surface area contributed by atoms with Crippen LogP contribution in [0.1, 0.15) is 29.3 Å². The van der Waals surface area contributed by atoms with Gasteiger partial charge in [-0.05, 0) is 38.3 Å². The summed E-state index contributed by atoms with van der Waals surface area (Å²) in [6, 6.07) is 9.05. The number of aryl methyl sites for hydroxylation is 3. The van der Waals surface area contributed by atoms with Gasteiger partial charge in [-0.15, -0.1) is 0 Å². The SMILES string of the molecule is Cc1ccccc1CC(C)NCc1c(C)nn(C)c1N1CCOCC1. The van der Waals surface area contributed by atoms with E-state index in [1.807, 2.05) is 11.7 Å². The summed E-state index contributed by atoms with van der Waals surface area (Å²) in [7, 11) is 2.04. The lowest BCUT2D eigenvalue weighted by Crippen LogP contribution is -2.38. The third-order valence-corrected chi connectivity index (χ3v) is 5.04. The molecule has 0 aliphatic carbocycles. The molecule has 5 nitrogen and oxygen atoms in total. The van der Waals surface area contributed by atoms with E-state index in [0.29, 0.717) is 6.04 Å². The van der Waals surface area contributed by atoms with Crippen LogP contribution in [0.3, 0.4) is 0 Å². The Labute approximate surface area is 151 Å². The van der Waals surface area contributed by atoms with Crippen LogP contribution in [0.25, 0.3) is 0 Å². The normalized spacial score (nSPS) is 16.2. The van der Waals surface area contributed by atoms with E-state index in [0.717, 1.165) is 45.0 Å². The highest BCUT2D eigenvalue weighted by atomic mass is 16.5. The van der Waals surface area contributed by atoms with Crippen molar-refractivity contribution in [3.8, 4) is 0 Å². The zero-order valence-corrected chi connectivity index (χ0v) is 15.9. The number of hydrogen-bond acceptors (Lipinski definition) is 4. The monoisotopic (exact) mass is 342 g/mol. The molecule has 0 bridgehead atoms. The van der Waals surface area contributed by atoms with Crippen LogP contribution in [0, 0.1) is 13.8 Å². The Morgan fingerprint density at radius 2 is 1.92 bits per heavy atom. The van der Waals surface area contributed by atoms with Gasteiger partial charge in [0.2, 0.25) is 0 Å². The first-order valence-electron chi connectivity index (χ1n) is 9.19. The number of aromatic nitrogens is 2. The highest BCUT2D eigenvalue weighted by Crippen LogP contribution is 2.24. The zero-order valence-electron chi connectivity index (χ0n) is 15.9. The third kappa shape index (κ3) is 4.22. The van der Waals surface area contributed by atoms with E-state index in [4.69, 9.17) is 4.74 Å². The van der Waals surface area contributed by atoms with E-state index in [2.05, 4.69) is 60.4 Å². The molecule has 1 unspecified atom stereocenters. The molecule has 136 valence electrons. The quantitative estimate of drug-likeness (QED) is 0.876. The second-order valence-electron chi connectivity index (χ2n) is 7.02. The van der Waals surface area contributed by atoms with Crippen molar-refractivity contribution in [1.29, 1.82) is 0 Å². The summed E-state index contributed by atoms with van der Waals surface area (Å²) < 4.78 is 7.51. The van der Waals surface area contributed by atoms with Gasteiger partial charge in [-0.3, -0.25) is 4.68 Å². The van der Waals surface area contributed by atoms with Crippen molar-refractivity contribution in [2.75, 3.05) is 31.2 Å². The topological polar surface area (TPSA) is 42.3 Å². The fraction of sp³-hybridized carbons (Fsp3) is 0.550. The van der Waals surface area contributed by atoms with E-state index in [1.165, 1.54) is 22.5 Å². The molecule has 1 fully saturated rings. The van der Waals surface area contributed by atoms with Crippen LogP contribution in [-0.4, -0.2) is 42.1 Å². The molecule has 25 heavy (non-hydrogen) atoms. The Balaban J connectivity index is 1.67. The molecule has 2 heterocycles. The van der Waals surface area contributed by atoms with Gasteiger partial charge in [0.05, 0.1) is 18.9 Å². The summed E-state index contributed by atoms with van der Waals surface area (Å²) in [4.78, 5) is 2.40. The number of benzene rings is 1. The van der Waals surface area contributed by atoms with E-state index in [1.54, 1.807) is 0 Å². The fourth-order valence-electron chi connectivity index (χ4n) is 3.58. The second-order valence-corrected chi connectivity index (χ2v) is 7.02. The smallest absolute Gasteiger partial charge is 0.131 e. The third-order valence-electron chi connectivity index (χ3n) is 5.04. The average molecular weight is 342 g/mol. The van der Waals surface area contributed by atoms with Gasteiger partial charge in [0, 0.05) is 38.3 Å². The minimum atomic E-state index is 0.415. The van der Waals surface area contributed by atoms with Crippen molar-refractivity contribution in [3.05, 3.63) is 46.6 Å². The molecule has 1 aliphatic rings. The summed E-state index contributed by atoms with van der Waals surface area (Å²) in [5.41, 5.74) is 5.20. The van der Waals surface area contributed by atoms with Crippen molar-refractivity contribution in [3.63, 3.8) is 0 Å². The van der Waals surface area contributed by atoms with Crippen LogP contribution in [-0.2, 0) is 24.8 Å². The summed E-state index contributed by atoms with van der Waals surface area (Å²) in [6.07, 6.45) is 1.04. The number of ether oxygens (including phenoxy) is 1. The zero-order chi connectivity index (χ0) is 17.8. The van der Waals surface area contributed by atoms with Gasteiger partial charge in [0.1, 0.15) is 5.82 Å². The molecule has 0 amide bonds. The van der Waals surface area contributed by atoms with Crippen molar-refractivity contribution in [2.24, 2.45) is 7.05 Å². The number of hydrogen-bond donors (Lipinski definition) is 1. The minimum Gasteiger partial charge on any atom is -0.378 e. The average Bonchev–Trinajstić information content (AvgIpc) is 2.89. The maximum absolute atomic E-state index is 5.50. The van der Waals surface area contributed by atoms with Crippen molar-refractivity contribution in [1.82, 2.24) is 15.1 Å². The molecular formula is C20H30N4O. The van der Waals surface area contributed by atoms with Gasteiger partial charge in [0.25, 0.3) is 0 Å². The van der Waals surface area contributed by atoms with Gasteiger partial charge in [-0.2, -0.15) is 5.10 Å². The maximum atomic E-state index is 5.50. The number of rotatable bonds is 6. The molecule has 3 rings (SSSR count). The molecule has 1 aliphatic heterocycles. The summed E-state index contributed by atoms with van der Waals surface area (Å²) >= 11 is 0.